The third kappa shape index (κ3) is 5.78. The van der Waals surface area contributed by atoms with Gasteiger partial charge in [0.2, 0.25) is 0 Å². The Balaban J connectivity index is 4.34. The van der Waals surface area contributed by atoms with Gasteiger partial charge in [0.15, 0.2) is 0 Å². The molecule has 0 amide bonds. The van der Waals surface area contributed by atoms with E-state index in [4.69, 9.17) is 10.5 Å². The van der Waals surface area contributed by atoms with Crippen molar-refractivity contribution in [2.24, 2.45) is 11.7 Å². The van der Waals surface area contributed by atoms with Gasteiger partial charge < -0.3 is 10.5 Å². The molecule has 0 fully saturated rings. The Morgan fingerprint density at radius 1 is 1.33 bits per heavy atom. The molecule has 0 saturated carbocycles. The third-order valence-corrected chi connectivity index (χ3v) is 2.29. The number of hydrogen-bond donors (Lipinski definition) is 1. The maximum absolute atomic E-state index is 11.8. The molecular weight excluding hydrogens is 190 g/mol. The van der Waals surface area contributed by atoms with Crippen LogP contribution in [0.5, 0.6) is 0 Å². The standard InChI is InChI=1S/C12H25NO2/c1-6-8-10(13)9(7-2)11(14)15-12(3,4)5/h9-10H,6-8,13H2,1-5H3/t9-,10-/m1/s1. The van der Waals surface area contributed by atoms with Crippen LogP contribution in [0.3, 0.4) is 0 Å². The van der Waals surface area contributed by atoms with Crippen LogP contribution < -0.4 is 5.73 Å². The van der Waals surface area contributed by atoms with E-state index >= 15 is 0 Å². The number of esters is 1. The molecule has 0 spiro atoms. The zero-order chi connectivity index (χ0) is 12.1. The van der Waals surface area contributed by atoms with Crippen molar-refractivity contribution in [2.75, 3.05) is 0 Å². The molecule has 3 heteroatoms. The summed E-state index contributed by atoms with van der Waals surface area (Å²) in [6.45, 7) is 9.68. The molecule has 0 radical (unpaired) electrons. The highest BCUT2D eigenvalue weighted by atomic mass is 16.6. The largest absolute Gasteiger partial charge is 0.460 e. The van der Waals surface area contributed by atoms with Gasteiger partial charge in [0.05, 0.1) is 5.92 Å². The summed E-state index contributed by atoms with van der Waals surface area (Å²) >= 11 is 0. The molecule has 0 saturated heterocycles. The number of hydrogen-bond acceptors (Lipinski definition) is 3. The van der Waals surface area contributed by atoms with E-state index in [1.54, 1.807) is 0 Å². The average Bonchev–Trinajstić information content (AvgIpc) is 2.02. The van der Waals surface area contributed by atoms with Gasteiger partial charge in [-0.2, -0.15) is 0 Å². The first-order chi connectivity index (χ1) is 6.81. The summed E-state index contributed by atoms with van der Waals surface area (Å²) < 4.78 is 5.34. The minimum absolute atomic E-state index is 0.0742. The van der Waals surface area contributed by atoms with Crippen molar-refractivity contribution in [1.82, 2.24) is 0 Å². The maximum Gasteiger partial charge on any atom is 0.311 e. The second-order valence-electron chi connectivity index (χ2n) is 5.00. The van der Waals surface area contributed by atoms with Gasteiger partial charge in [-0.25, -0.2) is 0 Å². The molecule has 0 aromatic heterocycles. The lowest BCUT2D eigenvalue weighted by Gasteiger charge is -2.26. The predicted octanol–water partition coefficient (Wildman–Crippen LogP) is 2.48. The van der Waals surface area contributed by atoms with E-state index in [1.807, 2.05) is 27.7 Å². The van der Waals surface area contributed by atoms with Crippen LogP contribution in [0.1, 0.15) is 53.9 Å². The normalized spacial score (nSPS) is 15.9. The van der Waals surface area contributed by atoms with Crippen LogP contribution in [0.15, 0.2) is 0 Å². The van der Waals surface area contributed by atoms with Gasteiger partial charge in [-0.15, -0.1) is 0 Å². The summed E-state index contributed by atoms with van der Waals surface area (Å²) in [5, 5.41) is 0. The highest BCUT2D eigenvalue weighted by molar-refractivity contribution is 5.73. The van der Waals surface area contributed by atoms with Crippen molar-refractivity contribution in [3.8, 4) is 0 Å². The first kappa shape index (κ1) is 14.4. The summed E-state index contributed by atoms with van der Waals surface area (Å²) in [5.41, 5.74) is 5.54. The SMILES string of the molecule is CCC[C@@H](N)[C@@H](CC)C(=O)OC(C)(C)C. The Morgan fingerprint density at radius 3 is 2.20 bits per heavy atom. The van der Waals surface area contributed by atoms with Crippen molar-refractivity contribution in [1.29, 1.82) is 0 Å². The van der Waals surface area contributed by atoms with Crippen molar-refractivity contribution in [3.63, 3.8) is 0 Å². The lowest BCUT2D eigenvalue weighted by Crippen LogP contribution is -2.39. The lowest BCUT2D eigenvalue weighted by atomic mass is 9.94. The Kier molecular flexibility index (Phi) is 5.88. The fourth-order valence-electron chi connectivity index (χ4n) is 1.56. The summed E-state index contributed by atoms with van der Waals surface area (Å²) in [6, 6.07) is -0.0742. The van der Waals surface area contributed by atoms with E-state index in [2.05, 4.69) is 6.92 Å². The number of carbonyl (C=O) groups excluding carboxylic acids is 1. The first-order valence-electron chi connectivity index (χ1n) is 5.80. The Morgan fingerprint density at radius 2 is 1.87 bits per heavy atom. The minimum Gasteiger partial charge on any atom is -0.460 e. The molecule has 0 aliphatic carbocycles. The highest BCUT2D eigenvalue weighted by Crippen LogP contribution is 2.17. The van der Waals surface area contributed by atoms with Gasteiger partial charge in [0.1, 0.15) is 5.60 Å². The predicted molar refractivity (Wildman–Crippen MR) is 62.5 cm³/mol. The molecule has 0 aliphatic rings. The molecule has 0 heterocycles. The van der Waals surface area contributed by atoms with Crippen molar-refractivity contribution in [2.45, 2.75) is 65.5 Å². The van der Waals surface area contributed by atoms with E-state index in [0.29, 0.717) is 0 Å². The number of carbonyl (C=O) groups is 1. The molecule has 0 bridgehead atoms. The molecule has 0 aromatic carbocycles. The maximum atomic E-state index is 11.8. The van der Waals surface area contributed by atoms with Crippen LogP contribution >= 0.6 is 0 Å². The Hall–Kier alpha value is -0.570. The van der Waals surface area contributed by atoms with Gasteiger partial charge in [0.25, 0.3) is 0 Å². The highest BCUT2D eigenvalue weighted by Gasteiger charge is 2.28. The topological polar surface area (TPSA) is 52.3 Å². The molecule has 0 unspecified atom stereocenters. The summed E-state index contributed by atoms with van der Waals surface area (Å²) in [6.07, 6.45) is 2.62. The summed E-state index contributed by atoms with van der Waals surface area (Å²) in [4.78, 5) is 11.8. The molecule has 2 atom stereocenters. The Bertz CT molecular complexity index is 196. The van der Waals surface area contributed by atoms with Crippen molar-refractivity contribution >= 4 is 5.97 Å². The molecule has 15 heavy (non-hydrogen) atoms. The smallest absolute Gasteiger partial charge is 0.311 e. The van der Waals surface area contributed by atoms with E-state index in [0.717, 1.165) is 19.3 Å². The number of nitrogens with two attached hydrogens (primary N) is 1. The van der Waals surface area contributed by atoms with Crippen molar-refractivity contribution < 1.29 is 9.53 Å². The van der Waals surface area contributed by atoms with Crippen LogP contribution in [-0.4, -0.2) is 17.6 Å². The van der Waals surface area contributed by atoms with Gasteiger partial charge in [-0.3, -0.25) is 4.79 Å². The van der Waals surface area contributed by atoms with Gasteiger partial charge >= 0.3 is 5.97 Å². The fourth-order valence-corrected chi connectivity index (χ4v) is 1.56. The molecular formula is C12H25NO2. The third-order valence-electron chi connectivity index (χ3n) is 2.29. The van der Waals surface area contributed by atoms with E-state index in [9.17, 15) is 4.79 Å². The van der Waals surface area contributed by atoms with Crippen LogP contribution in [0.2, 0.25) is 0 Å². The number of ether oxygens (including phenoxy) is 1. The Labute approximate surface area is 93.4 Å². The molecule has 3 nitrogen and oxygen atoms in total. The minimum atomic E-state index is -0.420. The molecule has 90 valence electrons. The average molecular weight is 215 g/mol. The number of rotatable bonds is 5. The molecule has 0 aromatic rings. The second kappa shape index (κ2) is 6.11. The van der Waals surface area contributed by atoms with Crippen molar-refractivity contribution in [3.05, 3.63) is 0 Å². The van der Waals surface area contributed by atoms with Gasteiger partial charge in [-0.1, -0.05) is 20.3 Å². The van der Waals surface area contributed by atoms with E-state index in [-0.39, 0.29) is 17.9 Å². The zero-order valence-corrected chi connectivity index (χ0v) is 10.7. The second-order valence-corrected chi connectivity index (χ2v) is 5.00. The van der Waals surface area contributed by atoms with Gasteiger partial charge in [-0.05, 0) is 33.6 Å². The lowest BCUT2D eigenvalue weighted by molar-refractivity contribution is -0.160. The summed E-state index contributed by atoms with van der Waals surface area (Å²) in [5.74, 6) is -0.324. The van der Waals surface area contributed by atoms with Gasteiger partial charge in [0, 0.05) is 6.04 Å². The monoisotopic (exact) mass is 215 g/mol. The fraction of sp³-hybridized carbons (Fsp3) is 0.917. The quantitative estimate of drug-likeness (QED) is 0.717. The molecule has 0 aliphatic heterocycles. The molecule has 0 rings (SSSR count). The van der Waals surface area contributed by atoms with Crippen LogP contribution in [0.4, 0.5) is 0 Å². The summed E-state index contributed by atoms with van der Waals surface area (Å²) in [7, 11) is 0. The van der Waals surface area contributed by atoms with Crippen LogP contribution in [0.25, 0.3) is 0 Å². The first-order valence-corrected chi connectivity index (χ1v) is 5.80. The van der Waals surface area contributed by atoms with E-state index < -0.39 is 5.60 Å². The molecule has 2 N–H and O–H groups in total. The van der Waals surface area contributed by atoms with Crippen LogP contribution in [0, 0.1) is 5.92 Å². The zero-order valence-electron chi connectivity index (χ0n) is 10.7. The van der Waals surface area contributed by atoms with Crippen LogP contribution in [-0.2, 0) is 9.53 Å². The van der Waals surface area contributed by atoms with E-state index in [1.165, 1.54) is 0 Å².